The van der Waals surface area contributed by atoms with E-state index in [1.54, 1.807) is 54.6 Å². The van der Waals surface area contributed by atoms with Crippen molar-refractivity contribution in [2.45, 2.75) is 6.92 Å². The second kappa shape index (κ2) is 7.81. The van der Waals surface area contributed by atoms with Crippen LogP contribution in [0.2, 0.25) is 5.02 Å². The van der Waals surface area contributed by atoms with Crippen molar-refractivity contribution in [1.82, 2.24) is 0 Å². The molecular formula is C23H17ClN2O3. The SMILES string of the molecule is Cc1ccc(C(=O)Nc2c(C(=O)Nc3cccc(Cl)c3)oc3ccccc23)cc1. The monoisotopic (exact) mass is 404 g/mol. The van der Waals surface area contributed by atoms with E-state index in [0.29, 0.717) is 32.9 Å². The van der Waals surface area contributed by atoms with Crippen molar-refractivity contribution in [2.24, 2.45) is 0 Å². The summed E-state index contributed by atoms with van der Waals surface area (Å²) in [7, 11) is 0. The maximum absolute atomic E-state index is 12.9. The highest BCUT2D eigenvalue weighted by molar-refractivity contribution is 6.31. The van der Waals surface area contributed by atoms with Crippen molar-refractivity contribution < 1.29 is 14.0 Å². The Hall–Kier alpha value is -3.57. The second-order valence-electron chi connectivity index (χ2n) is 6.59. The minimum Gasteiger partial charge on any atom is -0.449 e. The summed E-state index contributed by atoms with van der Waals surface area (Å²) in [6.45, 7) is 1.95. The number of furan rings is 1. The second-order valence-corrected chi connectivity index (χ2v) is 7.02. The van der Waals surface area contributed by atoms with Crippen molar-refractivity contribution in [1.29, 1.82) is 0 Å². The number of hydrogen-bond donors (Lipinski definition) is 2. The number of amides is 2. The lowest BCUT2D eigenvalue weighted by Crippen LogP contribution is -2.17. The first-order chi connectivity index (χ1) is 14.0. The van der Waals surface area contributed by atoms with Gasteiger partial charge in [0, 0.05) is 21.7 Å². The Morgan fingerprint density at radius 1 is 0.862 bits per heavy atom. The molecule has 0 aliphatic rings. The average Bonchev–Trinajstić information content (AvgIpc) is 3.07. The minimum absolute atomic E-state index is 0.0200. The Kier molecular flexibility index (Phi) is 5.06. The molecule has 0 spiro atoms. The van der Waals surface area contributed by atoms with Crippen LogP contribution < -0.4 is 10.6 Å². The maximum Gasteiger partial charge on any atom is 0.293 e. The van der Waals surface area contributed by atoms with Crippen molar-refractivity contribution in [3.05, 3.63) is 94.7 Å². The van der Waals surface area contributed by atoms with Gasteiger partial charge in [0.2, 0.25) is 5.76 Å². The molecule has 0 radical (unpaired) electrons. The number of benzene rings is 3. The molecule has 0 fully saturated rings. The highest BCUT2D eigenvalue weighted by Gasteiger charge is 2.23. The van der Waals surface area contributed by atoms with Crippen LogP contribution in [0.4, 0.5) is 11.4 Å². The highest BCUT2D eigenvalue weighted by Crippen LogP contribution is 2.32. The van der Waals surface area contributed by atoms with Gasteiger partial charge < -0.3 is 15.1 Å². The zero-order valence-electron chi connectivity index (χ0n) is 15.5. The first kappa shape index (κ1) is 18.8. The summed E-state index contributed by atoms with van der Waals surface area (Å²) in [4.78, 5) is 25.6. The number of halogens is 1. The number of rotatable bonds is 4. The first-order valence-electron chi connectivity index (χ1n) is 8.98. The summed E-state index contributed by atoms with van der Waals surface area (Å²) < 4.78 is 5.76. The van der Waals surface area contributed by atoms with E-state index in [1.165, 1.54) is 0 Å². The molecule has 1 heterocycles. The van der Waals surface area contributed by atoms with Crippen LogP contribution in [0.1, 0.15) is 26.5 Å². The van der Waals surface area contributed by atoms with Crippen LogP contribution in [0.3, 0.4) is 0 Å². The molecule has 29 heavy (non-hydrogen) atoms. The molecule has 0 saturated carbocycles. The van der Waals surface area contributed by atoms with Crippen LogP contribution in [0, 0.1) is 6.92 Å². The zero-order valence-corrected chi connectivity index (χ0v) is 16.3. The number of carbonyl (C=O) groups excluding carboxylic acids is 2. The number of anilines is 2. The summed E-state index contributed by atoms with van der Waals surface area (Å²) in [5.74, 6) is -0.789. The largest absolute Gasteiger partial charge is 0.449 e. The normalized spacial score (nSPS) is 10.7. The van der Waals surface area contributed by atoms with Gasteiger partial charge in [-0.05, 0) is 49.4 Å². The Bertz CT molecular complexity index is 1210. The molecule has 4 aromatic rings. The number of para-hydroxylation sites is 1. The summed E-state index contributed by atoms with van der Waals surface area (Å²) >= 11 is 5.99. The third kappa shape index (κ3) is 4.00. The van der Waals surface area contributed by atoms with Crippen molar-refractivity contribution >= 4 is 45.8 Å². The van der Waals surface area contributed by atoms with Gasteiger partial charge in [0.05, 0.1) is 0 Å². The van der Waals surface area contributed by atoms with Gasteiger partial charge in [0.25, 0.3) is 11.8 Å². The standard InChI is InChI=1S/C23H17ClN2O3/c1-14-9-11-15(12-10-14)22(27)26-20-18-7-2-3-8-19(18)29-21(20)23(28)25-17-6-4-5-16(24)13-17/h2-13H,1H3,(H,25,28)(H,26,27). The van der Waals surface area contributed by atoms with E-state index < -0.39 is 5.91 Å². The Balaban J connectivity index is 1.69. The van der Waals surface area contributed by atoms with E-state index in [4.69, 9.17) is 16.0 Å². The topological polar surface area (TPSA) is 71.3 Å². The van der Waals surface area contributed by atoms with E-state index in [2.05, 4.69) is 10.6 Å². The molecule has 6 heteroatoms. The molecule has 0 bridgehead atoms. The fourth-order valence-corrected chi connectivity index (χ4v) is 3.16. The van der Waals surface area contributed by atoms with Crippen molar-refractivity contribution in [2.75, 3.05) is 10.6 Å². The molecule has 2 amide bonds. The smallest absolute Gasteiger partial charge is 0.293 e. The van der Waals surface area contributed by atoms with Gasteiger partial charge in [0.1, 0.15) is 11.3 Å². The van der Waals surface area contributed by atoms with Crippen LogP contribution in [-0.2, 0) is 0 Å². The van der Waals surface area contributed by atoms with Crippen molar-refractivity contribution in [3.63, 3.8) is 0 Å². The van der Waals surface area contributed by atoms with Crippen LogP contribution in [0.5, 0.6) is 0 Å². The summed E-state index contributed by atoms with van der Waals surface area (Å²) in [6, 6.07) is 21.1. The Labute approximate surface area is 172 Å². The average molecular weight is 405 g/mol. The molecule has 0 saturated heterocycles. The van der Waals surface area contributed by atoms with E-state index in [1.807, 2.05) is 25.1 Å². The van der Waals surface area contributed by atoms with E-state index in [-0.39, 0.29) is 11.7 Å². The van der Waals surface area contributed by atoms with Gasteiger partial charge in [-0.15, -0.1) is 0 Å². The van der Waals surface area contributed by atoms with Gasteiger partial charge in [0.15, 0.2) is 0 Å². The molecule has 4 rings (SSSR count). The van der Waals surface area contributed by atoms with Gasteiger partial charge in [-0.25, -0.2) is 0 Å². The van der Waals surface area contributed by atoms with E-state index in [0.717, 1.165) is 5.56 Å². The summed E-state index contributed by atoms with van der Waals surface area (Å²) in [6.07, 6.45) is 0. The van der Waals surface area contributed by atoms with Gasteiger partial charge in [-0.2, -0.15) is 0 Å². The number of carbonyl (C=O) groups is 2. The number of aryl methyl sites for hydroxylation is 1. The fourth-order valence-electron chi connectivity index (χ4n) is 2.97. The minimum atomic E-state index is -0.484. The lowest BCUT2D eigenvalue weighted by atomic mass is 10.1. The van der Waals surface area contributed by atoms with Gasteiger partial charge in [-0.3, -0.25) is 9.59 Å². The summed E-state index contributed by atoms with van der Waals surface area (Å²) in [5.41, 5.74) is 2.89. The van der Waals surface area contributed by atoms with Gasteiger partial charge >= 0.3 is 0 Å². The number of fused-ring (bicyclic) bond motifs is 1. The Morgan fingerprint density at radius 2 is 1.62 bits per heavy atom. The fraction of sp³-hybridized carbons (Fsp3) is 0.0435. The molecule has 0 atom stereocenters. The van der Waals surface area contributed by atoms with Crippen LogP contribution in [0.15, 0.2) is 77.2 Å². The first-order valence-corrected chi connectivity index (χ1v) is 9.35. The third-order valence-electron chi connectivity index (χ3n) is 4.44. The van der Waals surface area contributed by atoms with Crippen LogP contribution >= 0.6 is 11.6 Å². The molecule has 5 nitrogen and oxygen atoms in total. The number of nitrogens with one attached hydrogen (secondary N) is 2. The zero-order chi connectivity index (χ0) is 20.4. The maximum atomic E-state index is 12.9. The molecule has 0 aliphatic carbocycles. The van der Waals surface area contributed by atoms with Gasteiger partial charge in [-0.1, -0.05) is 47.5 Å². The molecular weight excluding hydrogens is 388 g/mol. The quantitative estimate of drug-likeness (QED) is 0.445. The van der Waals surface area contributed by atoms with E-state index in [9.17, 15) is 9.59 Å². The molecule has 144 valence electrons. The van der Waals surface area contributed by atoms with Crippen molar-refractivity contribution in [3.8, 4) is 0 Å². The lowest BCUT2D eigenvalue weighted by molar-refractivity contribution is 0.0999. The van der Waals surface area contributed by atoms with Crippen LogP contribution in [-0.4, -0.2) is 11.8 Å². The van der Waals surface area contributed by atoms with E-state index >= 15 is 0 Å². The predicted molar refractivity (Wildman–Crippen MR) is 115 cm³/mol. The molecule has 2 N–H and O–H groups in total. The predicted octanol–water partition coefficient (Wildman–Crippen LogP) is 5.90. The lowest BCUT2D eigenvalue weighted by Gasteiger charge is -2.08. The third-order valence-corrected chi connectivity index (χ3v) is 4.67. The summed E-state index contributed by atoms with van der Waals surface area (Å²) in [5, 5.41) is 6.72. The Morgan fingerprint density at radius 3 is 2.38 bits per heavy atom. The molecule has 3 aromatic carbocycles. The molecule has 0 unspecified atom stereocenters. The molecule has 0 aliphatic heterocycles. The van der Waals surface area contributed by atoms with Crippen LogP contribution in [0.25, 0.3) is 11.0 Å². The highest BCUT2D eigenvalue weighted by atomic mass is 35.5. The number of hydrogen-bond acceptors (Lipinski definition) is 3. The molecule has 1 aromatic heterocycles.